The number of nitrogens with two attached hydrogens (primary N) is 1. The Morgan fingerprint density at radius 2 is 1.90 bits per heavy atom. The van der Waals surface area contributed by atoms with Crippen molar-refractivity contribution in [2.75, 3.05) is 11.5 Å². The lowest BCUT2D eigenvalue weighted by Crippen LogP contribution is -2.23. The van der Waals surface area contributed by atoms with Crippen molar-refractivity contribution in [3.63, 3.8) is 0 Å². The molecule has 1 fully saturated rings. The third kappa shape index (κ3) is 3.29. The quantitative estimate of drug-likeness (QED) is 0.853. The van der Waals surface area contributed by atoms with Crippen LogP contribution in [0.1, 0.15) is 23.6 Å². The molecule has 1 aromatic rings. The minimum Gasteiger partial charge on any atom is -0.324 e. The molecule has 2 rings (SSSR count). The molecule has 0 saturated carbocycles. The zero-order chi connectivity index (χ0) is 15.1. The topological polar surface area (TPSA) is 60.2 Å². The van der Waals surface area contributed by atoms with E-state index in [0.717, 1.165) is 12.1 Å². The molecule has 3 nitrogen and oxygen atoms in total. The van der Waals surface area contributed by atoms with Crippen LogP contribution in [-0.4, -0.2) is 19.9 Å². The zero-order valence-corrected chi connectivity index (χ0v) is 11.1. The molecule has 1 aliphatic rings. The average Bonchev–Trinajstić information content (AvgIpc) is 2.67. The van der Waals surface area contributed by atoms with Crippen LogP contribution in [0.15, 0.2) is 18.2 Å². The van der Waals surface area contributed by atoms with Gasteiger partial charge in [0.1, 0.15) is 5.82 Å². The fraction of sp³-hybridized carbons (Fsp3) is 0.500. The molecule has 20 heavy (non-hydrogen) atoms. The van der Waals surface area contributed by atoms with E-state index in [1.54, 1.807) is 0 Å². The number of halogens is 4. The third-order valence-electron chi connectivity index (χ3n) is 3.41. The molecule has 1 aliphatic heterocycles. The van der Waals surface area contributed by atoms with Crippen LogP contribution in [0.25, 0.3) is 0 Å². The normalized spacial score (nSPS) is 23.8. The number of sulfone groups is 1. The predicted molar refractivity (Wildman–Crippen MR) is 65.1 cm³/mol. The van der Waals surface area contributed by atoms with Crippen LogP contribution in [0, 0.1) is 11.7 Å². The summed E-state index contributed by atoms with van der Waals surface area (Å²) in [4.78, 5) is 0. The van der Waals surface area contributed by atoms with Gasteiger partial charge in [0.2, 0.25) is 0 Å². The Labute approximate surface area is 113 Å². The van der Waals surface area contributed by atoms with E-state index in [4.69, 9.17) is 5.73 Å². The summed E-state index contributed by atoms with van der Waals surface area (Å²) in [5.41, 5.74) is 4.65. The van der Waals surface area contributed by atoms with E-state index in [2.05, 4.69) is 0 Å². The molecule has 1 aromatic carbocycles. The van der Waals surface area contributed by atoms with Gasteiger partial charge >= 0.3 is 6.18 Å². The van der Waals surface area contributed by atoms with Gasteiger partial charge in [0, 0.05) is 6.04 Å². The molecule has 2 atom stereocenters. The number of hydrogen-bond donors (Lipinski definition) is 1. The van der Waals surface area contributed by atoms with Crippen molar-refractivity contribution >= 4 is 9.84 Å². The highest BCUT2D eigenvalue weighted by Crippen LogP contribution is 2.34. The number of benzene rings is 1. The van der Waals surface area contributed by atoms with Crippen molar-refractivity contribution in [3.05, 3.63) is 35.1 Å². The Bertz CT molecular complexity index is 612. The summed E-state index contributed by atoms with van der Waals surface area (Å²) < 4.78 is 73.8. The summed E-state index contributed by atoms with van der Waals surface area (Å²) in [5, 5.41) is 0. The van der Waals surface area contributed by atoms with Gasteiger partial charge in [-0.2, -0.15) is 13.2 Å². The van der Waals surface area contributed by atoms with Crippen molar-refractivity contribution in [1.29, 1.82) is 0 Å². The van der Waals surface area contributed by atoms with Crippen LogP contribution in [0.4, 0.5) is 17.6 Å². The molecule has 0 amide bonds. The second-order valence-electron chi connectivity index (χ2n) is 4.96. The molecule has 0 aliphatic carbocycles. The Morgan fingerprint density at radius 3 is 2.40 bits per heavy atom. The van der Waals surface area contributed by atoms with Gasteiger partial charge in [-0.05, 0) is 36.1 Å². The van der Waals surface area contributed by atoms with Crippen molar-refractivity contribution < 1.29 is 26.0 Å². The highest BCUT2D eigenvalue weighted by atomic mass is 32.2. The van der Waals surface area contributed by atoms with Crippen molar-refractivity contribution in [1.82, 2.24) is 0 Å². The Morgan fingerprint density at radius 1 is 1.25 bits per heavy atom. The van der Waals surface area contributed by atoms with Gasteiger partial charge in [0.25, 0.3) is 0 Å². The van der Waals surface area contributed by atoms with Gasteiger partial charge < -0.3 is 5.73 Å². The third-order valence-corrected chi connectivity index (χ3v) is 5.20. The molecule has 2 N–H and O–H groups in total. The van der Waals surface area contributed by atoms with Crippen LogP contribution < -0.4 is 5.73 Å². The Kier molecular flexibility index (Phi) is 3.81. The van der Waals surface area contributed by atoms with Crippen LogP contribution in [-0.2, 0) is 16.0 Å². The van der Waals surface area contributed by atoms with Gasteiger partial charge in [0.05, 0.1) is 17.1 Å². The van der Waals surface area contributed by atoms with Crippen LogP contribution in [0.5, 0.6) is 0 Å². The average molecular weight is 311 g/mol. The van der Waals surface area contributed by atoms with E-state index in [9.17, 15) is 26.0 Å². The maximum atomic E-state index is 13.3. The molecule has 8 heteroatoms. The molecular weight excluding hydrogens is 298 g/mol. The fourth-order valence-corrected chi connectivity index (χ4v) is 4.20. The Hall–Kier alpha value is -1.15. The smallest absolute Gasteiger partial charge is 0.324 e. The van der Waals surface area contributed by atoms with E-state index < -0.39 is 39.4 Å². The second kappa shape index (κ2) is 5.00. The SMILES string of the molecule is NC(c1cc(F)cc(C(F)(F)F)c1)C1CCS(=O)(=O)C1. The van der Waals surface area contributed by atoms with E-state index in [1.807, 2.05) is 0 Å². The minimum absolute atomic E-state index is 0.0283. The van der Waals surface area contributed by atoms with Crippen LogP contribution in [0.2, 0.25) is 0 Å². The highest BCUT2D eigenvalue weighted by molar-refractivity contribution is 7.91. The van der Waals surface area contributed by atoms with Gasteiger partial charge in [-0.25, -0.2) is 12.8 Å². The summed E-state index contributed by atoms with van der Waals surface area (Å²) in [6.07, 6.45) is -4.39. The molecule has 0 spiro atoms. The molecule has 0 aromatic heterocycles. The molecule has 0 radical (unpaired) electrons. The number of alkyl halides is 3. The molecule has 1 heterocycles. The van der Waals surface area contributed by atoms with Crippen molar-refractivity contribution in [2.45, 2.75) is 18.6 Å². The first-order valence-electron chi connectivity index (χ1n) is 5.92. The molecule has 1 saturated heterocycles. The maximum absolute atomic E-state index is 13.3. The molecule has 0 bridgehead atoms. The van der Waals surface area contributed by atoms with Gasteiger partial charge in [-0.15, -0.1) is 0 Å². The Balaban J connectivity index is 2.31. The lowest BCUT2D eigenvalue weighted by Gasteiger charge is -2.19. The minimum atomic E-state index is -4.67. The standard InChI is InChI=1S/C12H13F4NO2S/c13-10-4-8(3-9(5-10)12(14,15)16)11(17)7-1-2-20(18,19)6-7/h3-5,7,11H,1-2,6,17H2. The van der Waals surface area contributed by atoms with E-state index in [-0.39, 0.29) is 23.5 Å². The van der Waals surface area contributed by atoms with Gasteiger partial charge in [-0.3, -0.25) is 0 Å². The van der Waals surface area contributed by atoms with E-state index >= 15 is 0 Å². The lowest BCUT2D eigenvalue weighted by atomic mass is 9.92. The fourth-order valence-electron chi connectivity index (χ4n) is 2.35. The maximum Gasteiger partial charge on any atom is 0.416 e. The summed E-state index contributed by atoms with van der Waals surface area (Å²) >= 11 is 0. The first kappa shape index (κ1) is 15.2. The highest BCUT2D eigenvalue weighted by Gasteiger charge is 2.35. The summed E-state index contributed by atoms with van der Waals surface area (Å²) in [7, 11) is -3.19. The monoisotopic (exact) mass is 311 g/mol. The van der Waals surface area contributed by atoms with E-state index in [1.165, 1.54) is 0 Å². The van der Waals surface area contributed by atoms with Crippen molar-refractivity contribution in [2.24, 2.45) is 11.7 Å². The second-order valence-corrected chi connectivity index (χ2v) is 7.19. The van der Waals surface area contributed by atoms with Crippen LogP contribution >= 0.6 is 0 Å². The number of rotatable bonds is 2. The molecule has 112 valence electrons. The van der Waals surface area contributed by atoms with Gasteiger partial charge in [-0.1, -0.05) is 0 Å². The van der Waals surface area contributed by atoms with Gasteiger partial charge in [0.15, 0.2) is 9.84 Å². The predicted octanol–water partition coefficient (Wildman–Crippen LogP) is 2.28. The summed E-state index contributed by atoms with van der Waals surface area (Å²) in [6, 6.07) is 1.16. The molecule has 2 unspecified atom stereocenters. The number of hydrogen-bond acceptors (Lipinski definition) is 3. The lowest BCUT2D eigenvalue weighted by molar-refractivity contribution is -0.137. The van der Waals surface area contributed by atoms with Crippen molar-refractivity contribution in [3.8, 4) is 0 Å². The molecular formula is C12H13F4NO2S. The largest absolute Gasteiger partial charge is 0.416 e. The van der Waals surface area contributed by atoms with Crippen LogP contribution in [0.3, 0.4) is 0 Å². The first-order chi connectivity index (χ1) is 9.08. The summed E-state index contributed by atoms with van der Waals surface area (Å²) in [6.45, 7) is 0. The first-order valence-corrected chi connectivity index (χ1v) is 7.74. The zero-order valence-electron chi connectivity index (χ0n) is 10.3. The summed E-state index contributed by atoms with van der Waals surface area (Å²) in [5.74, 6) is -1.73. The van der Waals surface area contributed by atoms with E-state index in [0.29, 0.717) is 6.07 Å².